The molecule has 0 spiro atoms. The number of amides is 1. The monoisotopic (exact) mass is 408 g/mol. The van der Waals surface area contributed by atoms with Crippen LogP contribution in [0.3, 0.4) is 0 Å². The molecule has 2 unspecified atom stereocenters. The van der Waals surface area contributed by atoms with Gasteiger partial charge in [0.05, 0.1) is 0 Å². The summed E-state index contributed by atoms with van der Waals surface area (Å²) in [4.78, 5) is 33.4. The molecule has 2 aromatic rings. The van der Waals surface area contributed by atoms with Crippen LogP contribution in [0, 0.1) is 16.0 Å². The fraction of sp³-hybridized carbons (Fsp3) is 0.318. The van der Waals surface area contributed by atoms with Crippen molar-refractivity contribution in [3.8, 4) is 0 Å². The number of carbonyl (C=O) groups is 1. The topological polar surface area (TPSA) is 107 Å². The van der Waals surface area contributed by atoms with Crippen molar-refractivity contribution in [1.82, 2.24) is 4.98 Å². The Morgan fingerprint density at radius 1 is 1.27 bits per heavy atom. The summed E-state index contributed by atoms with van der Waals surface area (Å²) in [5.41, 5.74) is 2.04. The van der Waals surface area contributed by atoms with E-state index in [1.54, 1.807) is 24.5 Å². The van der Waals surface area contributed by atoms with Crippen LogP contribution in [0.5, 0.6) is 0 Å². The molecule has 8 heteroatoms. The van der Waals surface area contributed by atoms with E-state index in [1.165, 1.54) is 6.08 Å². The summed E-state index contributed by atoms with van der Waals surface area (Å²) >= 11 is 0. The number of hydrogen-bond acceptors (Lipinski definition) is 6. The molecule has 1 aromatic heterocycles. The molecule has 0 aliphatic heterocycles. The number of hydrogen-bond donors (Lipinski definition) is 1. The van der Waals surface area contributed by atoms with Gasteiger partial charge in [-0.25, -0.2) is 0 Å². The average Bonchev–Trinajstić information content (AvgIpc) is 2.74. The number of rotatable bonds is 7. The number of oxime groups is 1. The molecule has 1 aliphatic carbocycles. The molecule has 0 bridgehead atoms. The molecule has 2 atom stereocenters. The Balaban J connectivity index is 1.84. The molecule has 156 valence electrons. The standard InChI is InChI=1S/C22H24N4O4/c1-16-7-8-21(26(28)29)18(13-16)14-20(22(27)24-19-9-11-23-12-10-19)25-30-15-17-5-3-2-4-6-17/h2-6,9-12,14,16,21H,7-8,13,15H2,1H3,(H,23,24,27)/b18-14+,25-20+. The lowest BCUT2D eigenvalue weighted by molar-refractivity contribution is -0.515. The Kier molecular flexibility index (Phi) is 7.26. The summed E-state index contributed by atoms with van der Waals surface area (Å²) in [7, 11) is 0. The molecule has 30 heavy (non-hydrogen) atoms. The van der Waals surface area contributed by atoms with Crippen LogP contribution in [-0.4, -0.2) is 27.6 Å². The second kappa shape index (κ2) is 10.3. The van der Waals surface area contributed by atoms with Gasteiger partial charge < -0.3 is 10.2 Å². The van der Waals surface area contributed by atoms with Gasteiger partial charge in [-0.3, -0.25) is 19.9 Å². The lowest BCUT2D eigenvalue weighted by Gasteiger charge is -2.23. The Morgan fingerprint density at radius 2 is 2.00 bits per heavy atom. The van der Waals surface area contributed by atoms with Crippen molar-refractivity contribution < 1.29 is 14.6 Å². The highest BCUT2D eigenvalue weighted by atomic mass is 16.6. The minimum Gasteiger partial charge on any atom is -0.390 e. The van der Waals surface area contributed by atoms with Gasteiger partial charge in [0.2, 0.25) is 6.04 Å². The highest BCUT2D eigenvalue weighted by molar-refractivity contribution is 6.47. The number of anilines is 1. The molecule has 1 saturated carbocycles. The minimum atomic E-state index is -0.811. The van der Waals surface area contributed by atoms with Crippen LogP contribution in [-0.2, 0) is 16.2 Å². The van der Waals surface area contributed by atoms with E-state index in [0.717, 1.165) is 12.0 Å². The maximum absolute atomic E-state index is 12.8. The number of nitro groups is 1. The summed E-state index contributed by atoms with van der Waals surface area (Å²) in [6.45, 7) is 2.23. The zero-order valence-corrected chi connectivity index (χ0v) is 16.7. The van der Waals surface area contributed by atoms with Crippen molar-refractivity contribution in [2.45, 2.75) is 38.8 Å². The van der Waals surface area contributed by atoms with Gasteiger partial charge >= 0.3 is 0 Å². The highest BCUT2D eigenvalue weighted by Gasteiger charge is 2.32. The average molecular weight is 408 g/mol. The fourth-order valence-corrected chi connectivity index (χ4v) is 3.35. The predicted octanol–water partition coefficient (Wildman–Crippen LogP) is 3.98. The number of carbonyl (C=O) groups excluding carboxylic acids is 1. The van der Waals surface area contributed by atoms with Crippen LogP contribution in [0.1, 0.15) is 31.7 Å². The molecule has 1 aliphatic rings. The third-order valence-electron chi connectivity index (χ3n) is 4.93. The molecule has 1 heterocycles. The number of nitrogens with zero attached hydrogens (tertiary/aromatic N) is 3. The molecule has 8 nitrogen and oxygen atoms in total. The lowest BCUT2D eigenvalue weighted by atomic mass is 9.83. The predicted molar refractivity (Wildman–Crippen MR) is 113 cm³/mol. The number of nitrogens with one attached hydrogen (secondary N) is 1. The number of aromatic nitrogens is 1. The van der Waals surface area contributed by atoms with E-state index in [1.807, 2.05) is 37.3 Å². The molecular formula is C22H24N4O4. The van der Waals surface area contributed by atoms with E-state index in [9.17, 15) is 14.9 Å². The molecule has 3 rings (SSSR count). The Bertz CT molecular complexity index is 929. The van der Waals surface area contributed by atoms with Crippen molar-refractivity contribution in [3.05, 3.63) is 82.2 Å². The van der Waals surface area contributed by atoms with Crippen LogP contribution in [0.25, 0.3) is 0 Å². The Morgan fingerprint density at radius 3 is 2.70 bits per heavy atom. The first kappa shape index (κ1) is 21.2. The van der Waals surface area contributed by atoms with Gasteiger partial charge in [0.15, 0.2) is 5.71 Å². The maximum Gasteiger partial charge on any atom is 0.277 e. The molecular weight excluding hydrogens is 384 g/mol. The van der Waals surface area contributed by atoms with E-state index < -0.39 is 11.9 Å². The Hall–Kier alpha value is -3.55. The lowest BCUT2D eigenvalue weighted by Crippen LogP contribution is -2.30. The molecule has 1 N–H and O–H groups in total. The first-order valence-electron chi connectivity index (χ1n) is 9.82. The van der Waals surface area contributed by atoms with Gasteiger partial charge in [0.1, 0.15) is 6.61 Å². The summed E-state index contributed by atoms with van der Waals surface area (Å²) in [5, 5.41) is 18.2. The second-order valence-electron chi connectivity index (χ2n) is 7.33. The van der Waals surface area contributed by atoms with Crippen molar-refractivity contribution in [2.75, 3.05) is 5.32 Å². The smallest absolute Gasteiger partial charge is 0.277 e. The number of benzene rings is 1. The van der Waals surface area contributed by atoms with Crippen LogP contribution >= 0.6 is 0 Å². The van der Waals surface area contributed by atoms with Crippen LogP contribution < -0.4 is 5.32 Å². The highest BCUT2D eigenvalue weighted by Crippen LogP contribution is 2.30. The van der Waals surface area contributed by atoms with E-state index in [0.29, 0.717) is 30.0 Å². The Labute approximate surface area is 174 Å². The van der Waals surface area contributed by atoms with Crippen LogP contribution in [0.4, 0.5) is 5.69 Å². The van der Waals surface area contributed by atoms with E-state index >= 15 is 0 Å². The molecule has 1 amide bonds. The zero-order valence-electron chi connectivity index (χ0n) is 16.7. The molecule has 1 fully saturated rings. The van der Waals surface area contributed by atoms with E-state index in [-0.39, 0.29) is 17.2 Å². The summed E-state index contributed by atoms with van der Waals surface area (Å²) < 4.78 is 0. The summed E-state index contributed by atoms with van der Waals surface area (Å²) in [6.07, 6.45) is 6.40. The van der Waals surface area contributed by atoms with Gasteiger partial charge in [-0.05, 0) is 42.5 Å². The van der Waals surface area contributed by atoms with Gasteiger partial charge in [0, 0.05) is 35.0 Å². The van der Waals surface area contributed by atoms with Gasteiger partial charge in [-0.15, -0.1) is 0 Å². The number of pyridine rings is 1. The van der Waals surface area contributed by atoms with Crippen LogP contribution in [0.15, 0.2) is 71.7 Å². The van der Waals surface area contributed by atoms with E-state index in [4.69, 9.17) is 4.84 Å². The molecule has 0 saturated heterocycles. The van der Waals surface area contributed by atoms with Gasteiger partial charge in [0.25, 0.3) is 5.91 Å². The van der Waals surface area contributed by atoms with Crippen molar-refractivity contribution in [3.63, 3.8) is 0 Å². The zero-order chi connectivity index (χ0) is 21.3. The normalized spacial score (nSPS) is 20.6. The van der Waals surface area contributed by atoms with E-state index in [2.05, 4.69) is 15.5 Å². The third-order valence-corrected chi connectivity index (χ3v) is 4.93. The fourth-order valence-electron chi connectivity index (χ4n) is 3.35. The summed E-state index contributed by atoms with van der Waals surface area (Å²) in [5.74, 6) is -0.190. The van der Waals surface area contributed by atoms with Crippen molar-refractivity contribution in [2.24, 2.45) is 11.1 Å². The first-order chi connectivity index (χ1) is 14.5. The van der Waals surface area contributed by atoms with Gasteiger partial charge in [-0.1, -0.05) is 42.4 Å². The SMILES string of the molecule is CC1CCC([N+](=O)[O-])/C(=C/C(=N\OCc2ccccc2)C(=O)Nc2ccncc2)C1. The largest absolute Gasteiger partial charge is 0.390 e. The van der Waals surface area contributed by atoms with Crippen molar-refractivity contribution in [1.29, 1.82) is 0 Å². The van der Waals surface area contributed by atoms with Crippen molar-refractivity contribution >= 4 is 17.3 Å². The van der Waals surface area contributed by atoms with Crippen LogP contribution in [0.2, 0.25) is 0 Å². The second-order valence-corrected chi connectivity index (χ2v) is 7.33. The molecule has 0 radical (unpaired) electrons. The molecule has 1 aromatic carbocycles. The van der Waals surface area contributed by atoms with Gasteiger partial charge in [-0.2, -0.15) is 0 Å². The first-order valence-corrected chi connectivity index (χ1v) is 9.82. The summed E-state index contributed by atoms with van der Waals surface area (Å²) in [6, 6.07) is 11.9. The minimum absolute atomic E-state index is 0.00121. The quantitative estimate of drug-likeness (QED) is 0.424. The third kappa shape index (κ3) is 5.97. The maximum atomic E-state index is 12.8.